The summed E-state index contributed by atoms with van der Waals surface area (Å²) >= 11 is 3.40. The minimum Gasteiger partial charge on any atom is -0.371 e. The zero-order chi connectivity index (χ0) is 19.4. The van der Waals surface area contributed by atoms with Crippen molar-refractivity contribution in [3.63, 3.8) is 0 Å². The number of nitrogens with zero attached hydrogens (tertiary/aromatic N) is 3. The summed E-state index contributed by atoms with van der Waals surface area (Å²) in [4.78, 5) is 32.8. The zero-order valence-electron chi connectivity index (χ0n) is 15.5. The fourth-order valence-electron chi connectivity index (χ4n) is 3.15. The van der Waals surface area contributed by atoms with Gasteiger partial charge >= 0.3 is 0 Å². The molecule has 0 spiro atoms. The molecule has 142 valence electrons. The highest BCUT2D eigenvalue weighted by atomic mass is 79.9. The molecule has 7 heteroatoms. The lowest BCUT2D eigenvalue weighted by Crippen LogP contribution is -2.35. The number of pyridine rings is 1. The van der Waals surface area contributed by atoms with E-state index in [9.17, 15) is 9.59 Å². The molecule has 0 bridgehead atoms. The Balaban J connectivity index is 1.63. The van der Waals surface area contributed by atoms with Crippen LogP contribution >= 0.6 is 15.9 Å². The Morgan fingerprint density at radius 2 is 1.96 bits per heavy atom. The molecular formula is C20H23BrN4O2. The number of benzene rings is 1. The van der Waals surface area contributed by atoms with Crippen molar-refractivity contribution >= 4 is 39.1 Å². The molecule has 27 heavy (non-hydrogen) atoms. The maximum absolute atomic E-state index is 12.7. The number of aromatic nitrogens is 1. The predicted molar refractivity (Wildman–Crippen MR) is 110 cm³/mol. The summed E-state index contributed by atoms with van der Waals surface area (Å²) in [6, 6.07) is 9.36. The summed E-state index contributed by atoms with van der Waals surface area (Å²) in [6.45, 7) is 3.89. The smallest absolute Gasteiger partial charge is 0.272 e. The number of likely N-dealkylation sites (N-methyl/N-ethyl adjacent to an activating group) is 1. The fraction of sp³-hybridized carbons (Fsp3) is 0.350. The Hall–Kier alpha value is -2.41. The van der Waals surface area contributed by atoms with E-state index in [-0.39, 0.29) is 18.4 Å². The minimum absolute atomic E-state index is 0.0377. The molecule has 1 N–H and O–H groups in total. The van der Waals surface area contributed by atoms with Gasteiger partial charge in [-0.15, -0.1) is 0 Å². The van der Waals surface area contributed by atoms with Crippen LogP contribution in [-0.2, 0) is 4.79 Å². The van der Waals surface area contributed by atoms with Crippen LogP contribution in [0.15, 0.2) is 41.0 Å². The van der Waals surface area contributed by atoms with E-state index in [4.69, 9.17) is 0 Å². The quantitative estimate of drug-likeness (QED) is 0.788. The van der Waals surface area contributed by atoms with Crippen LogP contribution in [0.2, 0.25) is 0 Å². The van der Waals surface area contributed by atoms with Gasteiger partial charge in [-0.05, 0) is 55.7 Å². The number of hydrogen-bond donors (Lipinski definition) is 1. The van der Waals surface area contributed by atoms with Gasteiger partial charge in [0.2, 0.25) is 5.91 Å². The Labute approximate surface area is 167 Å². The lowest BCUT2D eigenvalue weighted by Gasteiger charge is -2.20. The molecule has 1 aromatic heterocycles. The van der Waals surface area contributed by atoms with Crippen LogP contribution in [0.5, 0.6) is 0 Å². The molecule has 2 amide bonds. The maximum atomic E-state index is 12.7. The highest BCUT2D eigenvalue weighted by molar-refractivity contribution is 9.10. The van der Waals surface area contributed by atoms with Gasteiger partial charge in [0.15, 0.2) is 0 Å². The maximum Gasteiger partial charge on any atom is 0.272 e. The van der Waals surface area contributed by atoms with Gasteiger partial charge in [0.1, 0.15) is 5.69 Å². The van der Waals surface area contributed by atoms with Crippen molar-refractivity contribution in [1.29, 1.82) is 0 Å². The van der Waals surface area contributed by atoms with Crippen molar-refractivity contribution in [2.45, 2.75) is 19.8 Å². The molecule has 0 aliphatic carbocycles. The van der Waals surface area contributed by atoms with Crippen molar-refractivity contribution in [3.05, 3.63) is 52.3 Å². The average Bonchev–Trinajstić information content (AvgIpc) is 3.18. The average molecular weight is 431 g/mol. The molecule has 0 unspecified atom stereocenters. The van der Waals surface area contributed by atoms with Gasteiger partial charge < -0.3 is 15.1 Å². The summed E-state index contributed by atoms with van der Waals surface area (Å²) in [5, 5.41) is 2.85. The molecule has 2 aromatic rings. The first kappa shape index (κ1) is 19.4. The van der Waals surface area contributed by atoms with Crippen molar-refractivity contribution in [2.24, 2.45) is 0 Å². The van der Waals surface area contributed by atoms with Gasteiger partial charge in [0.05, 0.1) is 6.54 Å². The van der Waals surface area contributed by atoms with Crippen LogP contribution in [0.1, 0.15) is 28.9 Å². The van der Waals surface area contributed by atoms with Crippen molar-refractivity contribution in [1.82, 2.24) is 9.88 Å². The number of halogens is 1. The van der Waals surface area contributed by atoms with Gasteiger partial charge in [-0.3, -0.25) is 14.6 Å². The van der Waals surface area contributed by atoms with Gasteiger partial charge in [0, 0.05) is 42.2 Å². The molecule has 1 aromatic carbocycles. The van der Waals surface area contributed by atoms with Crippen LogP contribution < -0.4 is 10.2 Å². The number of nitrogens with one attached hydrogen (secondary N) is 1. The number of carbonyl (C=O) groups is 2. The van der Waals surface area contributed by atoms with Crippen molar-refractivity contribution < 1.29 is 9.59 Å². The Morgan fingerprint density at radius 3 is 2.67 bits per heavy atom. The first-order valence-electron chi connectivity index (χ1n) is 8.96. The molecule has 2 heterocycles. The first-order chi connectivity index (χ1) is 12.9. The number of carbonyl (C=O) groups excluding carboxylic acids is 2. The third kappa shape index (κ3) is 4.86. The van der Waals surface area contributed by atoms with Gasteiger partial charge in [-0.25, -0.2) is 0 Å². The number of rotatable bonds is 5. The van der Waals surface area contributed by atoms with Crippen LogP contribution in [-0.4, -0.2) is 48.4 Å². The largest absolute Gasteiger partial charge is 0.371 e. The summed E-state index contributed by atoms with van der Waals surface area (Å²) in [5.41, 5.74) is 3.05. The summed E-state index contributed by atoms with van der Waals surface area (Å²) < 4.78 is 0.953. The van der Waals surface area contributed by atoms with E-state index in [1.54, 1.807) is 19.3 Å². The Morgan fingerprint density at radius 1 is 1.22 bits per heavy atom. The standard InChI is InChI=1S/C20H23BrN4O2/c1-14-11-15(21)5-6-17(14)23-19(26)13-24(2)20(27)18-12-16(7-8-22-18)25-9-3-4-10-25/h5-8,11-12H,3-4,9-10,13H2,1-2H3,(H,23,26). The molecule has 1 saturated heterocycles. The fourth-order valence-corrected chi connectivity index (χ4v) is 3.62. The number of amides is 2. The monoisotopic (exact) mass is 430 g/mol. The Bertz CT molecular complexity index is 850. The van der Waals surface area contributed by atoms with Crippen LogP contribution in [0.25, 0.3) is 0 Å². The van der Waals surface area contributed by atoms with Crippen LogP contribution in [0.3, 0.4) is 0 Å². The Kier molecular flexibility index (Phi) is 6.11. The van der Waals surface area contributed by atoms with Crippen LogP contribution in [0, 0.1) is 6.92 Å². The van der Waals surface area contributed by atoms with E-state index < -0.39 is 0 Å². The first-order valence-corrected chi connectivity index (χ1v) is 9.76. The molecule has 1 aliphatic rings. The van der Waals surface area contributed by atoms with Gasteiger partial charge in [-0.2, -0.15) is 0 Å². The molecule has 6 nitrogen and oxygen atoms in total. The van der Waals surface area contributed by atoms with E-state index in [1.807, 2.05) is 31.2 Å². The zero-order valence-corrected chi connectivity index (χ0v) is 17.1. The second-order valence-corrected chi connectivity index (χ2v) is 7.68. The SMILES string of the molecule is Cc1cc(Br)ccc1NC(=O)CN(C)C(=O)c1cc(N2CCCC2)ccn1. The summed E-state index contributed by atoms with van der Waals surface area (Å²) in [7, 11) is 1.61. The van der Waals surface area contributed by atoms with E-state index in [0.717, 1.165) is 34.5 Å². The normalized spacial score (nSPS) is 13.5. The topological polar surface area (TPSA) is 65.5 Å². The van der Waals surface area contributed by atoms with Gasteiger partial charge in [0.25, 0.3) is 5.91 Å². The van der Waals surface area contributed by atoms with E-state index in [2.05, 4.69) is 31.1 Å². The summed E-state index contributed by atoms with van der Waals surface area (Å²) in [6.07, 6.45) is 3.99. The molecule has 1 aliphatic heterocycles. The molecule has 0 atom stereocenters. The number of anilines is 2. The predicted octanol–water partition coefficient (Wildman–Crippen LogP) is 3.46. The van der Waals surface area contributed by atoms with Crippen LogP contribution in [0.4, 0.5) is 11.4 Å². The highest BCUT2D eigenvalue weighted by Crippen LogP contribution is 2.21. The molecule has 0 radical (unpaired) electrons. The summed E-state index contributed by atoms with van der Waals surface area (Å²) in [5.74, 6) is -0.509. The van der Waals surface area contributed by atoms with Gasteiger partial charge in [-0.1, -0.05) is 15.9 Å². The lowest BCUT2D eigenvalue weighted by atomic mass is 10.2. The number of aryl methyl sites for hydroxylation is 1. The van der Waals surface area contributed by atoms with E-state index in [1.165, 1.54) is 17.7 Å². The molecule has 3 rings (SSSR count). The molecular weight excluding hydrogens is 408 g/mol. The van der Waals surface area contributed by atoms with E-state index >= 15 is 0 Å². The highest BCUT2D eigenvalue weighted by Gasteiger charge is 2.19. The number of hydrogen-bond acceptors (Lipinski definition) is 4. The second-order valence-electron chi connectivity index (χ2n) is 6.76. The third-order valence-corrected chi connectivity index (χ3v) is 5.12. The van der Waals surface area contributed by atoms with E-state index in [0.29, 0.717) is 5.69 Å². The lowest BCUT2D eigenvalue weighted by molar-refractivity contribution is -0.116. The second kappa shape index (κ2) is 8.52. The third-order valence-electron chi connectivity index (χ3n) is 4.62. The van der Waals surface area contributed by atoms with Crippen molar-refractivity contribution in [3.8, 4) is 0 Å². The molecule has 1 fully saturated rings. The molecule has 0 saturated carbocycles. The van der Waals surface area contributed by atoms with Crippen molar-refractivity contribution in [2.75, 3.05) is 36.9 Å². The minimum atomic E-state index is -0.265.